The van der Waals surface area contributed by atoms with Crippen LogP contribution in [-0.4, -0.2) is 25.9 Å². The second-order valence-corrected chi connectivity index (χ2v) is 8.40. The van der Waals surface area contributed by atoms with Crippen LogP contribution in [0, 0.1) is 23.2 Å². The first-order chi connectivity index (χ1) is 9.52. The second-order valence-electron chi connectivity index (χ2n) is 8.40. The van der Waals surface area contributed by atoms with Crippen LogP contribution >= 0.6 is 0 Å². The molecule has 0 amide bonds. The monoisotopic (exact) mass is 300 g/mol. The Morgan fingerprint density at radius 1 is 0.762 bits per heavy atom. The second kappa shape index (κ2) is 8.53. The van der Waals surface area contributed by atoms with Gasteiger partial charge in [-0.25, -0.2) is 0 Å². The van der Waals surface area contributed by atoms with Gasteiger partial charge in [0.15, 0.2) is 0 Å². The fourth-order valence-electron chi connectivity index (χ4n) is 3.91. The maximum absolute atomic E-state index is 6.10. The molecule has 0 spiro atoms. The molecule has 0 heterocycles. The van der Waals surface area contributed by atoms with Crippen molar-refractivity contribution in [2.75, 3.05) is 14.2 Å². The van der Waals surface area contributed by atoms with E-state index < -0.39 is 0 Å². The van der Waals surface area contributed by atoms with Crippen molar-refractivity contribution in [1.82, 2.24) is 0 Å². The quantitative estimate of drug-likeness (QED) is 0.526. The maximum Gasteiger partial charge on any atom is 0.0731 e. The molecule has 0 aromatic rings. The van der Waals surface area contributed by atoms with Crippen molar-refractivity contribution >= 4 is 0 Å². The summed E-state index contributed by atoms with van der Waals surface area (Å²) in [6.07, 6.45) is 3.49. The van der Waals surface area contributed by atoms with E-state index in [0.717, 1.165) is 19.3 Å². The van der Waals surface area contributed by atoms with Crippen LogP contribution < -0.4 is 0 Å². The van der Waals surface area contributed by atoms with Gasteiger partial charge in [-0.2, -0.15) is 0 Å². The lowest BCUT2D eigenvalue weighted by atomic mass is 9.62. The summed E-state index contributed by atoms with van der Waals surface area (Å²) < 4.78 is 12.1. The molecule has 0 radical (unpaired) electrons. The molecule has 21 heavy (non-hydrogen) atoms. The predicted octanol–water partition coefficient (Wildman–Crippen LogP) is 5.55. The van der Waals surface area contributed by atoms with Crippen LogP contribution in [0.2, 0.25) is 0 Å². The molecule has 0 aromatic heterocycles. The highest BCUT2D eigenvalue weighted by atomic mass is 16.5. The van der Waals surface area contributed by atoms with Gasteiger partial charge in [0.05, 0.1) is 11.7 Å². The molecule has 0 aliphatic rings. The lowest BCUT2D eigenvalue weighted by molar-refractivity contribution is -0.173. The first-order valence-electron chi connectivity index (χ1n) is 8.60. The average Bonchev–Trinajstić information content (AvgIpc) is 2.33. The molecule has 3 unspecified atom stereocenters. The van der Waals surface area contributed by atoms with Crippen molar-refractivity contribution in [2.24, 2.45) is 23.2 Å². The van der Waals surface area contributed by atoms with Gasteiger partial charge in [0, 0.05) is 19.6 Å². The Hall–Kier alpha value is -0.0800. The van der Waals surface area contributed by atoms with Crippen LogP contribution in [-0.2, 0) is 9.47 Å². The number of ether oxygens (including phenoxy) is 2. The molecule has 2 heteroatoms. The molecule has 2 nitrogen and oxygen atoms in total. The first kappa shape index (κ1) is 20.9. The third-order valence-electron chi connectivity index (χ3n) is 4.97. The minimum atomic E-state index is -0.166. The summed E-state index contributed by atoms with van der Waals surface area (Å²) in [5.74, 6) is 1.86. The summed E-state index contributed by atoms with van der Waals surface area (Å²) in [7, 11) is 3.72. The highest BCUT2D eigenvalue weighted by Crippen LogP contribution is 2.48. The van der Waals surface area contributed by atoms with E-state index in [1.165, 1.54) is 0 Å². The molecule has 128 valence electrons. The summed E-state index contributed by atoms with van der Waals surface area (Å²) >= 11 is 0. The molecule has 0 aromatic carbocycles. The molecule has 0 saturated heterocycles. The Balaban J connectivity index is 5.65. The fourth-order valence-corrected chi connectivity index (χ4v) is 3.91. The first-order valence-corrected chi connectivity index (χ1v) is 8.60. The van der Waals surface area contributed by atoms with E-state index in [2.05, 4.69) is 55.4 Å². The van der Waals surface area contributed by atoms with Gasteiger partial charge >= 0.3 is 0 Å². The van der Waals surface area contributed by atoms with E-state index in [1.807, 2.05) is 14.2 Å². The van der Waals surface area contributed by atoms with E-state index in [1.54, 1.807) is 0 Å². The average molecular weight is 301 g/mol. The normalized spacial score (nSPS) is 19.9. The SMILES string of the molecule is COC(CC(C)C)C(C)(CC(C)C)C(C)(CC(C)C)OC. The molecule has 0 saturated carbocycles. The van der Waals surface area contributed by atoms with E-state index in [9.17, 15) is 0 Å². The van der Waals surface area contributed by atoms with Crippen molar-refractivity contribution < 1.29 is 9.47 Å². The van der Waals surface area contributed by atoms with Crippen molar-refractivity contribution in [1.29, 1.82) is 0 Å². The maximum atomic E-state index is 6.10. The highest BCUT2D eigenvalue weighted by molar-refractivity contribution is 5.00. The third kappa shape index (κ3) is 5.56. The smallest absolute Gasteiger partial charge is 0.0731 e. The largest absolute Gasteiger partial charge is 0.381 e. The molecule has 3 atom stereocenters. The number of hydrogen-bond donors (Lipinski definition) is 0. The lowest BCUT2D eigenvalue weighted by Gasteiger charge is -2.51. The predicted molar refractivity (Wildman–Crippen MR) is 92.7 cm³/mol. The van der Waals surface area contributed by atoms with Crippen molar-refractivity contribution in [3.05, 3.63) is 0 Å². The molecule has 0 aliphatic carbocycles. The highest BCUT2D eigenvalue weighted by Gasteiger charge is 2.50. The van der Waals surface area contributed by atoms with Crippen molar-refractivity contribution in [3.8, 4) is 0 Å². The summed E-state index contributed by atoms with van der Waals surface area (Å²) in [6, 6.07) is 0. The van der Waals surface area contributed by atoms with Crippen molar-refractivity contribution in [2.45, 2.75) is 86.4 Å². The molecule has 0 aliphatic heterocycles. The molecular weight excluding hydrogens is 260 g/mol. The Bertz CT molecular complexity index is 285. The molecule has 0 rings (SSSR count). The zero-order chi connectivity index (χ0) is 16.8. The van der Waals surface area contributed by atoms with Crippen LogP contribution in [0.3, 0.4) is 0 Å². The Kier molecular flexibility index (Phi) is 8.49. The standard InChI is InChI=1S/C19H40O2/c1-14(2)11-17(20-9)18(7,12-15(3)4)19(8,21-10)13-16(5)6/h14-17H,11-13H2,1-10H3. The van der Waals surface area contributed by atoms with Crippen LogP contribution in [0.5, 0.6) is 0 Å². The van der Waals surface area contributed by atoms with Gasteiger partial charge in [0.2, 0.25) is 0 Å². The minimum absolute atomic E-state index is 0.0131. The zero-order valence-electron chi connectivity index (χ0n) is 16.2. The topological polar surface area (TPSA) is 18.5 Å². The van der Waals surface area contributed by atoms with Gasteiger partial charge < -0.3 is 9.47 Å². The van der Waals surface area contributed by atoms with Gasteiger partial charge in [-0.05, 0) is 43.9 Å². The fraction of sp³-hybridized carbons (Fsp3) is 1.00. The van der Waals surface area contributed by atoms with E-state index in [-0.39, 0.29) is 17.1 Å². The van der Waals surface area contributed by atoms with Gasteiger partial charge in [-0.15, -0.1) is 0 Å². The van der Waals surface area contributed by atoms with Gasteiger partial charge in [-0.3, -0.25) is 0 Å². The van der Waals surface area contributed by atoms with Crippen LogP contribution in [0.25, 0.3) is 0 Å². The molecule has 0 N–H and O–H groups in total. The molecular formula is C19H40O2. The van der Waals surface area contributed by atoms with Gasteiger partial charge in [-0.1, -0.05) is 48.5 Å². The number of hydrogen-bond acceptors (Lipinski definition) is 2. The van der Waals surface area contributed by atoms with E-state index in [4.69, 9.17) is 9.47 Å². The van der Waals surface area contributed by atoms with Crippen LogP contribution in [0.4, 0.5) is 0 Å². The molecule has 0 bridgehead atoms. The Morgan fingerprint density at radius 3 is 1.52 bits per heavy atom. The van der Waals surface area contributed by atoms with Gasteiger partial charge in [0.25, 0.3) is 0 Å². The Labute approximate surface area is 134 Å². The van der Waals surface area contributed by atoms with Crippen molar-refractivity contribution in [3.63, 3.8) is 0 Å². The summed E-state index contributed by atoms with van der Waals surface area (Å²) in [5.41, 5.74) is -0.153. The Morgan fingerprint density at radius 2 is 1.24 bits per heavy atom. The van der Waals surface area contributed by atoms with E-state index in [0.29, 0.717) is 17.8 Å². The van der Waals surface area contributed by atoms with Gasteiger partial charge in [0.1, 0.15) is 0 Å². The minimum Gasteiger partial charge on any atom is -0.381 e. The van der Waals surface area contributed by atoms with Crippen LogP contribution in [0.1, 0.15) is 74.7 Å². The third-order valence-corrected chi connectivity index (χ3v) is 4.97. The molecule has 0 fully saturated rings. The number of rotatable bonds is 10. The van der Waals surface area contributed by atoms with E-state index >= 15 is 0 Å². The number of methoxy groups -OCH3 is 2. The lowest BCUT2D eigenvalue weighted by Crippen LogP contribution is -2.55. The summed E-state index contributed by atoms with van der Waals surface area (Å²) in [5, 5.41) is 0. The van der Waals surface area contributed by atoms with Crippen LogP contribution in [0.15, 0.2) is 0 Å². The summed E-state index contributed by atoms with van der Waals surface area (Å²) in [4.78, 5) is 0. The zero-order valence-corrected chi connectivity index (χ0v) is 16.2. The summed E-state index contributed by atoms with van der Waals surface area (Å²) in [6.45, 7) is 18.3.